The molecule has 0 unspecified atom stereocenters. The minimum atomic E-state index is -4.42. The molecule has 0 bridgehead atoms. The quantitative estimate of drug-likeness (QED) is 0.346. The van der Waals surface area contributed by atoms with Gasteiger partial charge in [0.15, 0.2) is 5.69 Å². The summed E-state index contributed by atoms with van der Waals surface area (Å²) in [4.78, 5) is 22.7. The van der Waals surface area contributed by atoms with Gasteiger partial charge in [0.05, 0.1) is 28.4 Å². The number of alkyl halides is 3. The third kappa shape index (κ3) is 5.15. The summed E-state index contributed by atoms with van der Waals surface area (Å²) in [6.45, 7) is 1.69. The molecule has 3 aromatic rings. The van der Waals surface area contributed by atoms with E-state index >= 15 is 0 Å². The highest BCUT2D eigenvalue weighted by atomic mass is 19.4. The molecule has 9 nitrogen and oxygen atoms in total. The number of rotatable bonds is 7. The van der Waals surface area contributed by atoms with E-state index in [-0.39, 0.29) is 30.3 Å². The van der Waals surface area contributed by atoms with Crippen LogP contribution in [-0.4, -0.2) is 39.0 Å². The van der Waals surface area contributed by atoms with E-state index in [1.165, 1.54) is 35.0 Å². The van der Waals surface area contributed by atoms with Crippen LogP contribution in [0.25, 0.3) is 5.69 Å². The van der Waals surface area contributed by atoms with E-state index < -0.39 is 22.6 Å². The monoisotopic (exact) mass is 435 g/mol. The SMILES string of the molecule is Cc1c(C(=O)NCCOc2ccc(C(F)(F)F)cc2)nnn1-c1cccc([N+](=O)[O-])c1. The number of nitrogens with zero attached hydrogens (tertiary/aromatic N) is 4. The molecule has 1 N–H and O–H groups in total. The lowest BCUT2D eigenvalue weighted by molar-refractivity contribution is -0.384. The van der Waals surface area contributed by atoms with Gasteiger partial charge in [0, 0.05) is 12.1 Å². The molecule has 3 rings (SSSR count). The van der Waals surface area contributed by atoms with Crippen LogP contribution >= 0.6 is 0 Å². The summed E-state index contributed by atoms with van der Waals surface area (Å²) in [6.07, 6.45) is -4.42. The predicted octanol–water partition coefficient (Wildman–Crippen LogP) is 3.31. The molecule has 0 saturated carbocycles. The fraction of sp³-hybridized carbons (Fsp3) is 0.211. The van der Waals surface area contributed by atoms with Gasteiger partial charge in [0.25, 0.3) is 11.6 Å². The number of nitro benzene ring substituents is 1. The van der Waals surface area contributed by atoms with E-state index in [0.717, 1.165) is 12.1 Å². The number of nitro groups is 1. The molecule has 0 fully saturated rings. The van der Waals surface area contributed by atoms with Gasteiger partial charge in [-0.3, -0.25) is 14.9 Å². The van der Waals surface area contributed by atoms with E-state index in [4.69, 9.17) is 4.74 Å². The van der Waals surface area contributed by atoms with Crippen LogP contribution in [0.1, 0.15) is 21.7 Å². The normalized spacial score (nSPS) is 11.2. The van der Waals surface area contributed by atoms with E-state index in [0.29, 0.717) is 11.4 Å². The molecule has 0 atom stereocenters. The number of carbonyl (C=O) groups excluding carboxylic acids is 1. The van der Waals surface area contributed by atoms with Crippen molar-refractivity contribution in [1.82, 2.24) is 20.3 Å². The Morgan fingerprint density at radius 1 is 1.23 bits per heavy atom. The number of hydrogen-bond donors (Lipinski definition) is 1. The maximum atomic E-state index is 12.5. The first-order chi connectivity index (χ1) is 14.7. The number of non-ortho nitro benzene ring substituents is 1. The van der Waals surface area contributed by atoms with Crippen LogP contribution in [0.5, 0.6) is 5.75 Å². The fourth-order valence-electron chi connectivity index (χ4n) is 2.68. The summed E-state index contributed by atoms with van der Waals surface area (Å²) < 4.78 is 44.2. The van der Waals surface area contributed by atoms with Crippen molar-refractivity contribution in [2.24, 2.45) is 0 Å². The number of aromatic nitrogens is 3. The Morgan fingerprint density at radius 2 is 1.94 bits per heavy atom. The Labute approximate surface area is 173 Å². The highest BCUT2D eigenvalue weighted by Crippen LogP contribution is 2.30. The van der Waals surface area contributed by atoms with Gasteiger partial charge in [-0.15, -0.1) is 5.10 Å². The van der Waals surface area contributed by atoms with Crippen LogP contribution in [0.2, 0.25) is 0 Å². The van der Waals surface area contributed by atoms with Gasteiger partial charge >= 0.3 is 6.18 Å². The number of nitrogens with one attached hydrogen (secondary N) is 1. The lowest BCUT2D eigenvalue weighted by atomic mass is 10.2. The lowest BCUT2D eigenvalue weighted by Crippen LogP contribution is -2.29. The van der Waals surface area contributed by atoms with Crippen LogP contribution in [0.3, 0.4) is 0 Å². The van der Waals surface area contributed by atoms with E-state index in [1.807, 2.05) is 0 Å². The molecular weight excluding hydrogens is 419 g/mol. The summed E-state index contributed by atoms with van der Waals surface area (Å²) in [5.41, 5.74) is -0.124. The smallest absolute Gasteiger partial charge is 0.416 e. The van der Waals surface area contributed by atoms with Crippen molar-refractivity contribution in [2.75, 3.05) is 13.2 Å². The van der Waals surface area contributed by atoms with E-state index in [1.54, 1.807) is 13.0 Å². The van der Waals surface area contributed by atoms with Crippen LogP contribution in [-0.2, 0) is 6.18 Å². The molecule has 12 heteroatoms. The first-order valence-corrected chi connectivity index (χ1v) is 8.92. The molecule has 0 saturated heterocycles. The predicted molar refractivity (Wildman–Crippen MR) is 102 cm³/mol. The highest BCUT2D eigenvalue weighted by Gasteiger charge is 2.30. The van der Waals surface area contributed by atoms with Crippen LogP contribution < -0.4 is 10.1 Å². The minimum absolute atomic E-state index is 0.0230. The summed E-state index contributed by atoms with van der Waals surface area (Å²) >= 11 is 0. The summed E-state index contributed by atoms with van der Waals surface area (Å²) in [6, 6.07) is 9.92. The molecule has 162 valence electrons. The summed E-state index contributed by atoms with van der Waals surface area (Å²) in [5, 5.41) is 21.2. The number of hydrogen-bond acceptors (Lipinski definition) is 6. The van der Waals surface area contributed by atoms with Gasteiger partial charge in [-0.2, -0.15) is 13.2 Å². The molecule has 2 aromatic carbocycles. The Hall–Kier alpha value is -3.96. The second-order valence-corrected chi connectivity index (χ2v) is 6.34. The standard InChI is InChI=1S/C19H16F3N5O4/c1-12-17(24-25-26(12)14-3-2-4-15(11-14)27(29)30)18(28)23-9-10-31-16-7-5-13(6-8-16)19(20,21)22/h2-8,11H,9-10H2,1H3,(H,23,28). The Kier molecular flexibility index (Phi) is 6.18. The van der Waals surface area contributed by atoms with Crippen molar-refractivity contribution in [3.63, 3.8) is 0 Å². The number of benzene rings is 2. The number of ether oxygens (including phenoxy) is 1. The van der Waals surface area contributed by atoms with Gasteiger partial charge in [-0.25, -0.2) is 4.68 Å². The molecule has 0 aliphatic heterocycles. The zero-order valence-electron chi connectivity index (χ0n) is 16.1. The van der Waals surface area contributed by atoms with Gasteiger partial charge < -0.3 is 10.1 Å². The molecule has 0 spiro atoms. The second kappa shape index (κ2) is 8.81. The zero-order chi connectivity index (χ0) is 22.6. The zero-order valence-corrected chi connectivity index (χ0v) is 16.1. The van der Waals surface area contributed by atoms with Crippen LogP contribution in [0, 0.1) is 17.0 Å². The third-order valence-electron chi connectivity index (χ3n) is 4.23. The molecule has 0 aliphatic carbocycles. The Morgan fingerprint density at radius 3 is 2.58 bits per heavy atom. The Balaban J connectivity index is 1.57. The largest absolute Gasteiger partial charge is 0.492 e. The molecule has 0 radical (unpaired) electrons. The van der Waals surface area contributed by atoms with Crippen molar-refractivity contribution in [3.05, 3.63) is 75.6 Å². The van der Waals surface area contributed by atoms with Crippen LogP contribution in [0.4, 0.5) is 18.9 Å². The van der Waals surface area contributed by atoms with E-state index in [2.05, 4.69) is 15.6 Å². The second-order valence-electron chi connectivity index (χ2n) is 6.34. The molecule has 31 heavy (non-hydrogen) atoms. The topological polar surface area (TPSA) is 112 Å². The molecule has 1 heterocycles. The number of halogens is 3. The van der Waals surface area contributed by atoms with Gasteiger partial charge in [0.2, 0.25) is 0 Å². The number of carbonyl (C=O) groups is 1. The first-order valence-electron chi connectivity index (χ1n) is 8.92. The molecular formula is C19H16F3N5O4. The minimum Gasteiger partial charge on any atom is -0.492 e. The first kappa shape index (κ1) is 21.7. The Bertz CT molecular complexity index is 1100. The third-order valence-corrected chi connectivity index (χ3v) is 4.23. The summed E-state index contributed by atoms with van der Waals surface area (Å²) in [7, 11) is 0. The van der Waals surface area contributed by atoms with Crippen molar-refractivity contribution in [3.8, 4) is 11.4 Å². The van der Waals surface area contributed by atoms with Gasteiger partial charge in [-0.1, -0.05) is 11.3 Å². The van der Waals surface area contributed by atoms with Crippen molar-refractivity contribution >= 4 is 11.6 Å². The number of amides is 1. The van der Waals surface area contributed by atoms with Crippen molar-refractivity contribution in [2.45, 2.75) is 13.1 Å². The lowest BCUT2D eigenvalue weighted by Gasteiger charge is -2.09. The highest BCUT2D eigenvalue weighted by molar-refractivity contribution is 5.93. The van der Waals surface area contributed by atoms with Crippen molar-refractivity contribution in [1.29, 1.82) is 0 Å². The molecule has 1 amide bonds. The molecule has 1 aromatic heterocycles. The van der Waals surface area contributed by atoms with Crippen molar-refractivity contribution < 1.29 is 27.6 Å². The van der Waals surface area contributed by atoms with Gasteiger partial charge in [0.1, 0.15) is 12.4 Å². The average molecular weight is 435 g/mol. The maximum absolute atomic E-state index is 12.5. The average Bonchev–Trinajstić information content (AvgIpc) is 3.12. The maximum Gasteiger partial charge on any atom is 0.416 e. The fourth-order valence-corrected chi connectivity index (χ4v) is 2.68. The van der Waals surface area contributed by atoms with Crippen LogP contribution in [0.15, 0.2) is 48.5 Å². The van der Waals surface area contributed by atoms with E-state index in [9.17, 15) is 28.1 Å². The molecule has 0 aliphatic rings. The summed E-state index contributed by atoms with van der Waals surface area (Å²) in [5.74, 6) is -0.305. The van der Waals surface area contributed by atoms with Gasteiger partial charge in [-0.05, 0) is 37.3 Å².